The Morgan fingerprint density at radius 3 is 2.81 bits per heavy atom. The molecule has 0 aromatic carbocycles. The lowest BCUT2D eigenvalue weighted by Crippen LogP contribution is -2.33. The summed E-state index contributed by atoms with van der Waals surface area (Å²) in [5.74, 6) is 1.60. The molecule has 0 bridgehead atoms. The minimum absolute atomic E-state index is 0.337. The van der Waals surface area contributed by atoms with E-state index in [1.807, 2.05) is 4.90 Å². The molecule has 0 spiro atoms. The molecule has 1 saturated carbocycles. The number of nitrogens with two attached hydrogens (primary N) is 1. The number of carbonyl (C=O) groups is 1. The lowest BCUT2D eigenvalue weighted by atomic mass is 9.84. The van der Waals surface area contributed by atoms with Crippen molar-refractivity contribution in [2.75, 3.05) is 13.1 Å². The summed E-state index contributed by atoms with van der Waals surface area (Å²) in [6, 6.07) is 0.337. The highest BCUT2D eigenvalue weighted by Crippen LogP contribution is 2.27. The van der Waals surface area contributed by atoms with Gasteiger partial charge in [-0.1, -0.05) is 13.3 Å². The Kier molecular flexibility index (Phi) is 3.85. The van der Waals surface area contributed by atoms with Gasteiger partial charge in [-0.05, 0) is 37.5 Å². The first-order chi connectivity index (χ1) is 7.65. The highest BCUT2D eigenvalue weighted by Gasteiger charge is 2.27. The molecule has 3 heteroatoms. The second-order valence-corrected chi connectivity index (χ2v) is 5.73. The molecule has 92 valence electrons. The summed E-state index contributed by atoms with van der Waals surface area (Å²) in [5.41, 5.74) is 5.95. The molecule has 1 heterocycles. The molecule has 2 rings (SSSR count). The normalized spacial score (nSPS) is 35.4. The van der Waals surface area contributed by atoms with Gasteiger partial charge in [-0.2, -0.15) is 0 Å². The van der Waals surface area contributed by atoms with Crippen LogP contribution in [0.25, 0.3) is 0 Å². The highest BCUT2D eigenvalue weighted by atomic mass is 16.2. The van der Waals surface area contributed by atoms with Gasteiger partial charge in [0.1, 0.15) is 0 Å². The van der Waals surface area contributed by atoms with Crippen LogP contribution in [0.15, 0.2) is 0 Å². The van der Waals surface area contributed by atoms with E-state index in [2.05, 4.69) is 6.92 Å². The molecule has 0 aromatic rings. The summed E-state index contributed by atoms with van der Waals surface area (Å²) in [6.07, 6.45) is 6.51. The van der Waals surface area contributed by atoms with Gasteiger partial charge < -0.3 is 10.6 Å². The van der Waals surface area contributed by atoms with Crippen LogP contribution in [0.4, 0.5) is 0 Å². The number of hydrogen-bond acceptors (Lipinski definition) is 2. The zero-order chi connectivity index (χ0) is 11.5. The van der Waals surface area contributed by atoms with Crippen molar-refractivity contribution >= 4 is 5.91 Å². The van der Waals surface area contributed by atoms with Crippen LogP contribution in [-0.2, 0) is 4.79 Å². The Morgan fingerprint density at radius 2 is 2.19 bits per heavy atom. The smallest absolute Gasteiger partial charge is 0.222 e. The highest BCUT2D eigenvalue weighted by molar-refractivity contribution is 5.76. The molecular weight excluding hydrogens is 200 g/mol. The predicted molar refractivity (Wildman–Crippen MR) is 64.9 cm³/mol. The summed E-state index contributed by atoms with van der Waals surface area (Å²) >= 11 is 0. The standard InChI is InChI=1S/C13H24N2O/c1-10-5-6-15(9-10)13(16)8-11-3-2-4-12(14)7-11/h10-12H,2-9,14H2,1H3. The molecule has 0 radical (unpaired) electrons. The van der Waals surface area contributed by atoms with Crippen LogP contribution in [0.2, 0.25) is 0 Å². The van der Waals surface area contributed by atoms with Gasteiger partial charge in [0.05, 0.1) is 0 Å². The maximum Gasteiger partial charge on any atom is 0.222 e. The maximum atomic E-state index is 12.1. The molecule has 1 aliphatic carbocycles. The van der Waals surface area contributed by atoms with Crippen LogP contribution < -0.4 is 5.73 Å². The van der Waals surface area contributed by atoms with Gasteiger partial charge in [0.25, 0.3) is 0 Å². The van der Waals surface area contributed by atoms with E-state index in [-0.39, 0.29) is 0 Å². The van der Waals surface area contributed by atoms with Crippen molar-refractivity contribution in [3.05, 3.63) is 0 Å². The zero-order valence-corrected chi connectivity index (χ0v) is 10.3. The van der Waals surface area contributed by atoms with Crippen LogP contribution in [0.5, 0.6) is 0 Å². The summed E-state index contributed by atoms with van der Waals surface area (Å²) < 4.78 is 0. The topological polar surface area (TPSA) is 46.3 Å². The van der Waals surface area contributed by atoms with Crippen molar-refractivity contribution in [3.8, 4) is 0 Å². The summed E-state index contributed by atoms with van der Waals surface area (Å²) in [5, 5.41) is 0. The number of nitrogens with zero attached hydrogens (tertiary/aromatic N) is 1. The minimum Gasteiger partial charge on any atom is -0.342 e. The Labute approximate surface area is 98.4 Å². The van der Waals surface area contributed by atoms with Crippen molar-refractivity contribution in [2.24, 2.45) is 17.6 Å². The molecule has 2 aliphatic rings. The van der Waals surface area contributed by atoms with E-state index in [0.29, 0.717) is 23.8 Å². The second-order valence-electron chi connectivity index (χ2n) is 5.73. The fourth-order valence-electron chi connectivity index (χ4n) is 3.06. The summed E-state index contributed by atoms with van der Waals surface area (Å²) in [4.78, 5) is 14.1. The molecule has 1 saturated heterocycles. The lowest BCUT2D eigenvalue weighted by Gasteiger charge is -2.27. The number of amides is 1. The first-order valence-electron chi connectivity index (χ1n) is 6.68. The maximum absolute atomic E-state index is 12.1. The number of carbonyl (C=O) groups excluding carboxylic acids is 1. The monoisotopic (exact) mass is 224 g/mol. The summed E-state index contributed by atoms with van der Waals surface area (Å²) in [7, 11) is 0. The van der Waals surface area contributed by atoms with Gasteiger partial charge in [0, 0.05) is 25.6 Å². The SMILES string of the molecule is CC1CCN(C(=O)CC2CCCC(N)C2)C1. The number of hydrogen-bond donors (Lipinski definition) is 1. The van der Waals surface area contributed by atoms with Crippen LogP contribution in [-0.4, -0.2) is 29.9 Å². The minimum atomic E-state index is 0.337. The number of likely N-dealkylation sites (tertiary alicyclic amines) is 1. The van der Waals surface area contributed by atoms with Crippen LogP contribution in [0.3, 0.4) is 0 Å². The van der Waals surface area contributed by atoms with E-state index in [0.717, 1.165) is 32.4 Å². The molecule has 3 atom stereocenters. The molecule has 2 N–H and O–H groups in total. The van der Waals surface area contributed by atoms with E-state index in [4.69, 9.17) is 5.73 Å². The van der Waals surface area contributed by atoms with E-state index >= 15 is 0 Å². The van der Waals surface area contributed by atoms with Gasteiger partial charge in [-0.3, -0.25) is 4.79 Å². The molecular formula is C13H24N2O. The zero-order valence-electron chi connectivity index (χ0n) is 10.3. The van der Waals surface area contributed by atoms with Crippen molar-refractivity contribution in [2.45, 2.75) is 51.5 Å². The Morgan fingerprint density at radius 1 is 1.38 bits per heavy atom. The van der Waals surface area contributed by atoms with Crippen molar-refractivity contribution < 1.29 is 4.79 Å². The first kappa shape index (κ1) is 11.9. The van der Waals surface area contributed by atoms with Crippen LogP contribution in [0, 0.1) is 11.8 Å². The fraction of sp³-hybridized carbons (Fsp3) is 0.923. The van der Waals surface area contributed by atoms with Gasteiger partial charge in [0.2, 0.25) is 5.91 Å². The molecule has 2 fully saturated rings. The van der Waals surface area contributed by atoms with Gasteiger partial charge in [-0.15, -0.1) is 0 Å². The Balaban J connectivity index is 1.78. The molecule has 3 unspecified atom stereocenters. The quantitative estimate of drug-likeness (QED) is 0.777. The fourth-order valence-corrected chi connectivity index (χ4v) is 3.06. The van der Waals surface area contributed by atoms with Crippen molar-refractivity contribution in [1.29, 1.82) is 0 Å². The van der Waals surface area contributed by atoms with Gasteiger partial charge >= 0.3 is 0 Å². The third-order valence-corrected chi connectivity index (χ3v) is 4.06. The molecule has 16 heavy (non-hydrogen) atoms. The first-order valence-corrected chi connectivity index (χ1v) is 6.68. The molecule has 1 amide bonds. The van der Waals surface area contributed by atoms with E-state index < -0.39 is 0 Å². The second kappa shape index (κ2) is 5.17. The average molecular weight is 224 g/mol. The van der Waals surface area contributed by atoms with E-state index in [1.54, 1.807) is 0 Å². The third kappa shape index (κ3) is 2.97. The van der Waals surface area contributed by atoms with Gasteiger partial charge in [0.15, 0.2) is 0 Å². The molecule has 1 aliphatic heterocycles. The van der Waals surface area contributed by atoms with E-state index in [1.165, 1.54) is 19.3 Å². The lowest BCUT2D eigenvalue weighted by molar-refractivity contribution is -0.131. The van der Waals surface area contributed by atoms with Crippen molar-refractivity contribution in [1.82, 2.24) is 4.90 Å². The predicted octanol–water partition coefficient (Wildman–Crippen LogP) is 1.76. The Bertz CT molecular complexity index is 254. The third-order valence-electron chi connectivity index (χ3n) is 4.06. The van der Waals surface area contributed by atoms with Crippen LogP contribution in [0.1, 0.15) is 45.4 Å². The van der Waals surface area contributed by atoms with Crippen molar-refractivity contribution in [3.63, 3.8) is 0 Å². The number of rotatable bonds is 2. The summed E-state index contributed by atoms with van der Waals surface area (Å²) in [6.45, 7) is 4.17. The van der Waals surface area contributed by atoms with E-state index in [9.17, 15) is 4.79 Å². The Hall–Kier alpha value is -0.570. The molecule has 0 aromatic heterocycles. The van der Waals surface area contributed by atoms with Gasteiger partial charge in [-0.25, -0.2) is 0 Å². The van der Waals surface area contributed by atoms with Crippen LogP contribution >= 0.6 is 0 Å². The largest absolute Gasteiger partial charge is 0.342 e. The average Bonchev–Trinajstić information content (AvgIpc) is 2.65. The molecule has 3 nitrogen and oxygen atoms in total.